The second-order valence-corrected chi connectivity index (χ2v) is 7.71. The van der Waals surface area contributed by atoms with Crippen LogP contribution in [-0.4, -0.2) is 67.0 Å². The second kappa shape index (κ2) is 12.1. The summed E-state index contributed by atoms with van der Waals surface area (Å²) in [6.07, 6.45) is -2.26. The van der Waals surface area contributed by atoms with Gasteiger partial charge in [-0.2, -0.15) is 5.48 Å². The van der Waals surface area contributed by atoms with Gasteiger partial charge in [-0.05, 0) is 11.1 Å². The van der Waals surface area contributed by atoms with Crippen molar-refractivity contribution in [2.75, 3.05) is 20.8 Å². The van der Waals surface area contributed by atoms with Crippen LogP contribution in [0.5, 0.6) is 0 Å². The highest BCUT2D eigenvalue weighted by molar-refractivity contribution is 5.84. The number of carbonyl (C=O) groups excluding carboxylic acids is 3. The lowest BCUT2D eigenvalue weighted by atomic mass is 9.94. The normalized spacial score (nSPS) is 20.4. The molecule has 34 heavy (non-hydrogen) atoms. The average Bonchev–Trinajstić information content (AvgIpc) is 3.22. The molecule has 1 heterocycles. The minimum absolute atomic E-state index is 0.0241. The maximum absolute atomic E-state index is 12.8. The third-order valence-corrected chi connectivity index (χ3v) is 5.56. The number of rotatable bonds is 9. The molecule has 0 saturated carbocycles. The van der Waals surface area contributed by atoms with E-state index in [0.29, 0.717) is 0 Å². The van der Waals surface area contributed by atoms with Crippen LogP contribution < -0.4 is 5.48 Å². The molecule has 1 aliphatic rings. The number of methoxy groups -OCH3 is 2. The number of aliphatic hydroxyl groups is 1. The monoisotopic (exact) mass is 472 g/mol. The van der Waals surface area contributed by atoms with Gasteiger partial charge in [0.25, 0.3) is 0 Å². The Labute approximate surface area is 197 Å². The Morgan fingerprint density at radius 1 is 0.971 bits per heavy atom. The van der Waals surface area contributed by atoms with Gasteiger partial charge in [0.2, 0.25) is 0 Å². The van der Waals surface area contributed by atoms with Crippen molar-refractivity contribution < 1.29 is 38.5 Å². The summed E-state index contributed by atoms with van der Waals surface area (Å²) in [6.45, 7) is -0.0554. The zero-order valence-electron chi connectivity index (χ0n) is 19.0. The molecule has 1 fully saturated rings. The molecule has 2 aromatic carbocycles. The first-order valence-corrected chi connectivity index (χ1v) is 10.7. The van der Waals surface area contributed by atoms with Crippen molar-refractivity contribution in [3.8, 4) is 0 Å². The SMILES string of the molecule is COC(=O)C(NOCc1ccccc1)[C@@H]1CN(C(=O)OCc2ccccc2)[C@H](C(=O)OC)[C@H]1O. The number of nitrogens with zero attached hydrogens (tertiary/aromatic N) is 1. The molecule has 4 atom stereocenters. The summed E-state index contributed by atoms with van der Waals surface area (Å²) in [5.74, 6) is -2.49. The summed E-state index contributed by atoms with van der Waals surface area (Å²) in [6, 6.07) is 15.7. The predicted molar refractivity (Wildman–Crippen MR) is 119 cm³/mol. The molecular weight excluding hydrogens is 444 g/mol. The molecule has 1 aliphatic heterocycles. The first-order valence-electron chi connectivity index (χ1n) is 10.7. The number of nitrogens with one attached hydrogen (secondary N) is 1. The molecule has 3 rings (SSSR count). The molecule has 0 radical (unpaired) electrons. The average molecular weight is 472 g/mol. The maximum Gasteiger partial charge on any atom is 0.410 e. The van der Waals surface area contributed by atoms with Gasteiger partial charge in [0.05, 0.1) is 26.9 Å². The lowest BCUT2D eigenvalue weighted by Gasteiger charge is -2.24. The Bertz CT molecular complexity index is 956. The van der Waals surface area contributed by atoms with E-state index in [-0.39, 0.29) is 19.8 Å². The minimum atomic E-state index is -1.44. The van der Waals surface area contributed by atoms with E-state index in [1.54, 1.807) is 24.3 Å². The first kappa shape index (κ1) is 25.2. The molecule has 2 N–H and O–H groups in total. The highest BCUT2D eigenvalue weighted by Gasteiger charge is 2.53. The van der Waals surface area contributed by atoms with Crippen molar-refractivity contribution >= 4 is 18.0 Å². The van der Waals surface area contributed by atoms with Gasteiger partial charge in [-0.25, -0.2) is 9.59 Å². The number of esters is 2. The van der Waals surface area contributed by atoms with Crippen LogP contribution in [0.15, 0.2) is 60.7 Å². The number of likely N-dealkylation sites (tertiary alicyclic amines) is 1. The third-order valence-electron chi connectivity index (χ3n) is 5.56. The predicted octanol–water partition coefficient (Wildman–Crippen LogP) is 1.42. The van der Waals surface area contributed by atoms with E-state index >= 15 is 0 Å². The highest BCUT2D eigenvalue weighted by Crippen LogP contribution is 2.29. The molecule has 182 valence electrons. The Kier molecular flexibility index (Phi) is 8.97. The number of amides is 1. The second-order valence-electron chi connectivity index (χ2n) is 7.71. The van der Waals surface area contributed by atoms with Crippen LogP contribution in [-0.2, 0) is 41.9 Å². The number of ether oxygens (including phenoxy) is 3. The highest BCUT2D eigenvalue weighted by atomic mass is 16.6. The topological polar surface area (TPSA) is 124 Å². The molecule has 0 spiro atoms. The zero-order valence-corrected chi connectivity index (χ0v) is 19.0. The molecule has 10 nitrogen and oxygen atoms in total. The van der Waals surface area contributed by atoms with Crippen LogP contribution in [0.1, 0.15) is 11.1 Å². The van der Waals surface area contributed by atoms with Gasteiger partial charge in [0.1, 0.15) is 12.6 Å². The lowest BCUT2D eigenvalue weighted by molar-refractivity contribution is -0.154. The number of hydrogen-bond donors (Lipinski definition) is 2. The van der Waals surface area contributed by atoms with Gasteiger partial charge >= 0.3 is 18.0 Å². The number of aliphatic hydroxyl groups excluding tert-OH is 1. The standard InChI is InChI=1S/C24H28N2O8/c1-31-22(28)19(25-34-15-17-11-7-4-8-12-17)18-13-26(20(21(18)27)23(29)32-2)24(30)33-14-16-9-5-3-6-10-16/h3-12,18-21,25,27H,13-15H2,1-2H3/t18-,19?,20-,21-/m0/s1. The van der Waals surface area contributed by atoms with E-state index in [1.165, 1.54) is 7.11 Å². The molecule has 10 heteroatoms. The molecule has 0 bridgehead atoms. The van der Waals surface area contributed by atoms with Crippen LogP contribution in [0.4, 0.5) is 4.79 Å². The number of hydrogen-bond acceptors (Lipinski definition) is 9. The fourth-order valence-electron chi connectivity index (χ4n) is 3.77. The maximum atomic E-state index is 12.8. The summed E-state index contributed by atoms with van der Waals surface area (Å²) in [5.41, 5.74) is 4.23. The van der Waals surface area contributed by atoms with Gasteiger partial charge in [-0.1, -0.05) is 60.7 Å². The quantitative estimate of drug-likeness (QED) is 0.317. The molecule has 1 amide bonds. The van der Waals surface area contributed by atoms with Crippen molar-refractivity contribution in [1.29, 1.82) is 0 Å². The van der Waals surface area contributed by atoms with E-state index in [9.17, 15) is 19.5 Å². The van der Waals surface area contributed by atoms with Crippen molar-refractivity contribution in [2.24, 2.45) is 5.92 Å². The largest absolute Gasteiger partial charge is 0.468 e. The molecule has 0 aliphatic carbocycles. The smallest absolute Gasteiger partial charge is 0.410 e. The molecule has 0 aromatic heterocycles. The van der Waals surface area contributed by atoms with E-state index in [2.05, 4.69) is 5.48 Å². The first-order chi connectivity index (χ1) is 16.5. The van der Waals surface area contributed by atoms with Crippen LogP contribution in [0.25, 0.3) is 0 Å². The molecule has 2 aromatic rings. The molecule has 1 saturated heterocycles. The summed E-state index contributed by atoms with van der Waals surface area (Å²) in [4.78, 5) is 44.3. The summed E-state index contributed by atoms with van der Waals surface area (Å²) < 4.78 is 15.0. The third kappa shape index (κ3) is 6.10. The number of carbonyl (C=O) groups is 3. The molecule has 1 unspecified atom stereocenters. The van der Waals surface area contributed by atoms with Crippen LogP contribution in [0.3, 0.4) is 0 Å². The summed E-state index contributed by atoms with van der Waals surface area (Å²) in [7, 11) is 2.34. The Morgan fingerprint density at radius 2 is 1.56 bits per heavy atom. The number of hydroxylamine groups is 1. The van der Waals surface area contributed by atoms with Gasteiger partial charge < -0.3 is 19.3 Å². The summed E-state index contributed by atoms with van der Waals surface area (Å²) in [5, 5.41) is 10.9. The van der Waals surface area contributed by atoms with Gasteiger partial charge in [0.15, 0.2) is 6.04 Å². The number of benzene rings is 2. The van der Waals surface area contributed by atoms with Crippen LogP contribution in [0, 0.1) is 5.92 Å². The lowest BCUT2D eigenvalue weighted by Crippen LogP contribution is -2.49. The Hall–Kier alpha value is -3.47. The fraction of sp³-hybridized carbons (Fsp3) is 0.375. The van der Waals surface area contributed by atoms with E-state index < -0.39 is 42.1 Å². The summed E-state index contributed by atoms with van der Waals surface area (Å²) >= 11 is 0. The van der Waals surface area contributed by atoms with E-state index in [1.807, 2.05) is 36.4 Å². The van der Waals surface area contributed by atoms with Crippen molar-refractivity contribution in [3.63, 3.8) is 0 Å². The van der Waals surface area contributed by atoms with E-state index in [4.69, 9.17) is 19.0 Å². The van der Waals surface area contributed by atoms with E-state index in [0.717, 1.165) is 23.1 Å². The van der Waals surface area contributed by atoms with Gasteiger partial charge in [-0.3, -0.25) is 14.5 Å². The van der Waals surface area contributed by atoms with Crippen molar-refractivity contribution in [3.05, 3.63) is 71.8 Å². The Morgan fingerprint density at radius 3 is 2.12 bits per heavy atom. The van der Waals surface area contributed by atoms with Gasteiger partial charge in [0, 0.05) is 12.5 Å². The van der Waals surface area contributed by atoms with Crippen LogP contribution in [0.2, 0.25) is 0 Å². The zero-order chi connectivity index (χ0) is 24.5. The Balaban J connectivity index is 1.73. The molecular formula is C24H28N2O8. The van der Waals surface area contributed by atoms with Crippen LogP contribution >= 0.6 is 0 Å². The minimum Gasteiger partial charge on any atom is -0.468 e. The van der Waals surface area contributed by atoms with Gasteiger partial charge in [-0.15, -0.1) is 0 Å². The fourth-order valence-corrected chi connectivity index (χ4v) is 3.77. The van der Waals surface area contributed by atoms with Crippen molar-refractivity contribution in [2.45, 2.75) is 31.4 Å². The van der Waals surface area contributed by atoms with Crippen molar-refractivity contribution in [1.82, 2.24) is 10.4 Å².